The van der Waals surface area contributed by atoms with Gasteiger partial charge in [0.15, 0.2) is 5.41 Å². The number of alkyl halides is 6. The Hall–Kier alpha value is -0.990. The van der Waals surface area contributed by atoms with E-state index in [1.807, 2.05) is 0 Å². The molecule has 2 saturated heterocycles. The first-order valence-electron chi connectivity index (χ1n) is 6.71. The monoisotopic (exact) mass is 318 g/mol. The summed E-state index contributed by atoms with van der Waals surface area (Å²) in [4.78, 5) is 12.8. The largest absolute Gasteiger partial charge is 0.404 e. The van der Waals surface area contributed by atoms with Gasteiger partial charge in [0.2, 0.25) is 5.91 Å². The summed E-state index contributed by atoms with van der Waals surface area (Å²) in [7, 11) is 0. The maximum atomic E-state index is 12.9. The Morgan fingerprint density at radius 3 is 2.00 bits per heavy atom. The molecule has 0 unspecified atom stereocenters. The van der Waals surface area contributed by atoms with Crippen LogP contribution in [0.3, 0.4) is 0 Å². The molecule has 0 aliphatic carbocycles. The highest BCUT2D eigenvalue weighted by Gasteiger charge is 2.72. The van der Waals surface area contributed by atoms with Gasteiger partial charge in [-0.05, 0) is 32.4 Å². The van der Waals surface area contributed by atoms with Gasteiger partial charge in [-0.2, -0.15) is 26.3 Å². The smallest absolute Gasteiger partial charge is 0.341 e. The minimum atomic E-state index is -5.41. The zero-order valence-corrected chi connectivity index (χ0v) is 11.2. The lowest BCUT2D eigenvalue weighted by Crippen LogP contribution is -2.52. The standard InChI is InChI=1S/C12H16F6N2O/c13-11(14,15)10(12(16,17)18)3-6-20(7-10)9(21)8-1-4-19-5-2-8/h8,19H,1-7H2. The number of rotatable bonds is 1. The summed E-state index contributed by atoms with van der Waals surface area (Å²) in [6.45, 7) is -0.716. The molecule has 0 radical (unpaired) electrons. The van der Waals surface area contributed by atoms with Crippen LogP contribution < -0.4 is 5.32 Å². The Morgan fingerprint density at radius 2 is 1.57 bits per heavy atom. The zero-order valence-electron chi connectivity index (χ0n) is 11.2. The number of likely N-dealkylation sites (tertiary alicyclic amines) is 1. The van der Waals surface area contributed by atoms with Crippen LogP contribution in [0.2, 0.25) is 0 Å². The highest BCUT2D eigenvalue weighted by molar-refractivity contribution is 5.79. The molecule has 1 N–H and O–H groups in total. The molecular weight excluding hydrogens is 302 g/mol. The second kappa shape index (κ2) is 5.33. The van der Waals surface area contributed by atoms with E-state index in [0.29, 0.717) is 25.9 Å². The first-order chi connectivity index (χ1) is 9.58. The molecule has 122 valence electrons. The third-order valence-electron chi connectivity index (χ3n) is 4.35. The lowest BCUT2D eigenvalue weighted by Gasteiger charge is -2.34. The molecule has 2 aliphatic heterocycles. The minimum absolute atomic E-state index is 0.445. The van der Waals surface area contributed by atoms with Crippen molar-refractivity contribution in [2.24, 2.45) is 11.3 Å². The predicted octanol–water partition coefficient (Wildman–Crippen LogP) is 2.33. The second-order valence-corrected chi connectivity index (χ2v) is 5.61. The molecule has 1 amide bonds. The van der Waals surface area contributed by atoms with Crippen LogP contribution in [0.4, 0.5) is 26.3 Å². The zero-order chi connectivity index (χ0) is 15.9. The average Bonchev–Trinajstić information content (AvgIpc) is 2.84. The molecule has 0 aromatic heterocycles. The van der Waals surface area contributed by atoms with E-state index in [4.69, 9.17) is 0 Å². The second-order valence-electron chi connectivity index (χ2n) is 5.61. The lowest BCUT2D eigenvalue weighted by molar-refractivity contribution is -0.334. The Labute approximate surface area is 117 Å². The maximum absolute atomic E-state index is 12.9. The summed E-state index contributed by atoms with van der Waals surface area (Å²) < 4.78 is 77.5. The molecule has 9 heteroatoms. The van der Waals surface area contributed by atoms with Crippen LogP contribution in [0.15, 0.2) is 0 Å². The van der Waals surface area contributed by atoms with Crippen LogP contribution in [-0.4, -0.2) is 49.3 Å². The molecule has 0 atom stereocenters. The Kier molecular flexibility index (Phi) is 4.16. The van der Waals surface area contributed by atoms with Crippen molar-refractivity contribution in [3.63, 3.8) is 0 Å². The number of carbonyl (C=O) groups excluding carboxylic acids is 1. The van der Waals surface area contributed by atoms with E-state index in [9.17, 15) is 31.1 Å². The molecule has 0 spiro atoms. The van der Waals surface area contributed by atoms with Crippen molar-refractivity contribution in [1.82, 2.24) is 10.2 Å². The fourth-order valence-corrected chi connectivity index (χ4v) is 2.95. The molecule has 21 heavy (non-hydrogen) atoms. The topological polar surface area (TPSA) is 32.3 Å². The fourth-order valence-electron chi connectivity index (χ4n) is 2.95. The van der Waals surface area contributed by atoms with E-state index in [1.165, 1.54) is 0 Å². The summed E-state index contributed by atoms with van der Waals surface area (Å²) in [6.07, 6.45) is -11.0. The first-order valence-corrected chi connectivity index (χ1v) is 6.71. The van der Waals surface area contributed by atoms with Crippen molar-refractivity contribution in [3.05, 3.63) is 0 Å². The van der Waals surface area contributed by atoms with Crippen LogP contribution >= 0.6 is 0 Å². The highest BCUT2D eigenvalue weighted by Crippen LogP contribution is 2.55. The molecule has 3 nitrogen and oxygen atoms in total. The Balaban J connectivity index is 2.15. The fraction of sp³-hybridized carbons (Fsp3) is 0.917. The van der Waals surface area contributed by atoms with Crippen LogP contribution in [0.25, 0.3) is 0 Å². The predicted molar refractivity (Wildman–Crippen MR) is 61.3 cm³/mol. The molecule has 0 saturated carbocycles. The van der Waals surface area contributed by atoms with Crippen LogP contribution in [0, 0.1) is 11.3 Å². The number of hydrogen-bond donors (Lipinski definition) is 1. The third-order valence-corrected chi connectivity index (χ3v) is 4.35. The van der Waals surface area contributed by atoms with Crippen molar-refractivity contribution in [1.29, 1.82) is 0 Å². The highest BCUT2D eigenvalue weighted by atomic mass is 19.4. The lowest BCUT2D eigenvalue weighted by atomic mass is 9.85. The molecule has 0 aromatic carbocycles. The van der Waals surface area contributed by atoms with E-state index >= 15 is 0 Å². The molecule has 0 bridgehead atoms. The third kappa shape index (κ3) is 2.84. The van der Waals surface area contributed by atoms with Crippen LogP contribution in [0.5, 0.6) is 0 Å². The first kappa shape index (κ1) is 16.4. The Bertz CT molecular complexity index is 386. The van der Waals surface area contributed by atoms with E-state index in [-0.39, 0.29) is 0 Å². The molecule has 2 rings (SSSR count). The number of amides is 1. The minimum Gasteiger partial charge on any atom is -0.341 e. The van der Waals surface area contributed by atoms with Crippen molar-refractivity contribution in [2.45, 2.75) is 31.6 Å². The molecule has 0 aromatic rings. The Morgan fingerprint density at radius 1 is 1.05 bits per heavy atom. The normalized spacial score (nSPS) is 24.4. The van der Waals surface area contributed by atoms with Gasteiger partial charge in [-0.25, -0.2) is 0 Å². The van der Waals surface area contributed by atoms with Crippen molar-refractivity contribution in [3.8, 4) is 0 Å². The van der Waals surface area contributed by atoms with Crippen molar-refractivity contribution in [2.75, 3.05) is 26.2 Å². The van der Waals surface area contributed by atoms with Crippen LogP contribution in [0.1, 0.15) is 19.3 Å². The molecule has 2 fully saturated rings. The summed E-state index contributed by atoms with van der Waals surface area (Å²) in [5, 5.41) is 2.99. The van der Waals surface area contributed by atoms with Gasteiger partial charge in [-0.3, -0.25) is 4.79 Å². The summed E-state index contributed by atoms with van der Waals surface area (Å²) in [5.74, 6) is -1.07. The number of hydrogen-bond acceptors (Lipinski definition) is 2. The van der Waals surface area contributed by atoms with E-state index in [0.717, 1.165) is 4.90 Å². The van der Waals surface area contributed by atoms with Gasteiger partial charge >= 0.3 is 12.4 Å². The molecule has 2 heterocycles. The number of piperidine rings is 1. The molecular formula is C12H16F6N2O. The van der Waals surface area contributed by atoms with Gasteiger partial charge in [0.1, 0.15) is 0 Å². The van der Waals surface area contributed by atoms with Gasteiger partial charge in [-0.15, -0.1) is 0 Å². The summed E-state index contributed by atoms with van der Waals surface area (Å²) in [5.41, 5.74) is -3.79. The van der Waals surface area contributed by atoms with Crippen molar-refractivity contribution >= 4 is 5.91 Å². The average molecular weight is 318 g/mol. The van der Waals surface area contributed by atoms with Gasteiger partial charge < -0.3 is 10.2 Å². The van der Waals surface area contributed by atoms with Crippen molar-refractivity contribution < 1.29 is 31.1 Å². The van der Waals surface area contributed by atoms with Gasteiger partial charge in [0.25, 0.3) is 0 Å². The summed E-state index contributed by atoms with van der Waals surface area (Å²) in [6, 6.07) is 0. The quantitative estimate of drug-likeness (QED) is 0.753. The van der Waals surface area contributed by atoms with E-state index < -0.39 is 49.1 Å². The summed E-state index contributed by atoms with van der Waals surface area (Å²) >= 11 is 0. The number of nitrogens with one attached hydrogen (secondary N) is 1. The number of nitrogens with zero attached hydrogens (tertiary/aromatic N) is 1. The van der Waals surface area contributed by atoms with E-state index in [2.05, 4.69) is 5.32 Å². The van der Waals surface area contributed by atoms with E-state index in [1.54, 1.807) is 0 Å². The maximum Gasteiger partial charge on any atom is 0.404 e. The molecule has 2 aliphatic rings. The van der Waals surface area contributed by atoms with Crippen LogP contribution in [-0.2, 0) is 4.79 Å². The van der Waals surface area contributed by atoms with Gasteiger partial charge in [0.05, 0.1) is 0 Å². The van der Waals surface area contributed by atoms with Gasteiger partial charge in [-0.1, -0.05) is 0 Å². The van der Waals surface area contributed by atoms with Gasteiger partial charge in [0, 0.05) is 19.0 Å². The SMILES string of the molecule is O=C(C1CCNCC1)N1CCC(C(F)(F)F)(C(F)(F)F)C1. The number of halogens is 6. The number of carbonyl (C=O) groups is 1.